The molecule has 1 aromatic heterocycles. The molecular formula is C23H23F3N2O. The van der Waals surface area contributed by atoms with Gasteiger partial charge in [0.25, 0.3) is 0 Å². The molecule has 0 N–H and O–H groups in total. The van der Waals surface area contributed by atoms with Gasteiger partial charge in [0, 0.05) is 18.0 Å². The Morgan fingerprint density at radius 1 is 0.759 bits per heavy atom. The fourth-order valence-electron chi connectivity index (χ4n) is 3.05. The van der Waals surface area contributed by atoms with Gasteiger partial charge in [0.05, 0.1) is 0 Å². The van der Waals surface area contributed by atoms with Crippen molar-refractivity contribution in [2.45, 2.75) is 45.4 Å². The smallest absolute Gasteiger partial charge is 0.406 e. The predicted molar refractivity (Wildman–Crippen MR) is 107 cm³/mol. The summed E-state index contributed by atoms with van der Waals surface area (Å²) >= 11 is 0. The zero-order chi connectivity index (χ0) is 20.7. The van der Waals surface area contributed by atoms with Crippen LogP contribution in [0.4, 0.5) is 13.2 Å². The van der Waals surface area contributed by atoms with E-state index in [1.165, 1.54) is 31.4 Å². The van der Waals surface area contributed by atoms with Gasteiger partial charge in [-0.2, -0.15) is 0 Å². The number of hydrogen-bond donors (Lipinski definition) is 0. The molecule has 0 saturated heterocycles. The first-order chi connectivity index (χ1) is 13.9. The number of hydrogen-bond acceptors (Lipinski definition) is 3. The first kappa shape index (κ1) is 20.8. The van der Waals surface area contributed by atoms with E-state index in [2.05, 4.69) is 21.6 Å². The number of unbranched alkanes of at least 4 members (excludes halogenated alkanes) is 3. The highest BCUT2D eigenvalue weighted by Gasteiger charge is 2.30. The van der Waals surface area contributed by atoms with Crippen LogP contribution in [0.2, 0.25) is 0 Å². The number of aryl methyl sites for hydroxylation is 1. The average molecular weight is 400 g/mol. The third-order valence-corrected chi connectivity index (χ3v) is 4.59. The van der Waals surface area contributed by atoms with Gasteiger partial charge in [0.2, 0.25) is 0 Å². The Kier molecular flexibility index (Phi) is 6.86. The minimum atomic E-state index is -4.69. The van der Waals surface area contributed by atoms with Crippen molar-refractivity contribution in [1.82, 2.24) is 9.97 Å². The van der Waals surface area contributed by atoms with Gasteiger partial charge in [-0.15, -0.1) is 13.2 Å². The van der Waals surface area contributed by atoms with E-state index in [1.54, 1.807) is 12.1 Å². The molecule has 0 unspecified atom stereocenters. The van der Waals surface area contributed by atoms with Crippen molar-refractivity contribution in [2.24, 2.45) is 0 Å². The van der Waals surface area contributed by atoms with E-state index in [9.17, 15) is 13.2 Å². The maximum atomic E-state index is 12.3. The maximum Gasteiger partial charge on any atom is 0.573 e. The van der Waals surface area contributed by atoms with E-state index in [1.807, 2.05) is 36.7 Å². The summed E-state index contributed by atoms with van der Waals surface area (Å²) in [4.78, 5) is 8.92. The van der Waals surface area contributed by atoms with Crippen molar-refractivity contribution >= 4 is 0 Å². The molecule has 0 atom stereocenters. The monoisotopic (exact) mass is 400 g/mol. The summed E-state index contributed by atoms with van der Waals surface area (Å²) in [6, 6.07) is 13.4. The van der Waals surface area contributed by atoms with Crippen molar-refractivity contribution in [1.29, 1.82) is 0 Å². The summed E-state index contributed by atoms with van der Waals surface area (Å²) < 4.78 is 40.7. The number of aromatic nitrogens is 2. The minimum absolute atomic E-state index is 0.235. The molecule has 0 saturated carbocycles. The standard InChI is InChI=1S/C23H23F3N2O/c1-2-3-4-5-6-17-15-27-22(28-16-17)20-9-7-18(8-10-20)19-11-13-21(14-12-19)29-23(24,25)26/h7-16H,2-6H2,1H3. The van der Waals surface area contributed by atoms with Crippen LogP contribution in [-0.4, -0.2) is 16.3 Å². The largest absolute Gasteiger partial charge is 0.573 e. The van der Waals surface area contributed by atoms with Crippen LogP contribution in [0, 0.1) is 0 Å². The molecule has 3 aromatic rings. The van der Waals surface area contributed by atoms with E-state index < -0.39 is 6.36 Å². The summed E-state index contributed by atoms with van der Waals surface area (Å²) in [5.74, 6) is 0.420. The number of benzene rings is 2. The summed E-state index contributed by atoms with van der Waals surface area (Å²) in [7, 11) is 0. The highest BCUT2D eigenvalue weighted by atomic mass is 19.4. The Hall–Kier alpha value is -2.89. The molecule has 3 nitrogen and oxygen atoms in total. The van der Waals surface area contributed by atoms with Gasteiger partial charge in [-0.25, -0.2) is 9.97 Å². The number of ether oxygens (including phenoxy) is 1. The Labute approximate surface area is 168 Å². The molecule has 0 spiro atoms. The SMILES string of the molecule is CCCCCCc1cnc(-c2ccc(-c3ccc(OC(F)(F)F)cc3)cc2)nc1. The van der Waals surface area contributed by atoms with E-state index in [0.29, 0.717) is 5.82 Å². The van der Waals surface area contributed by atoms with Crippen LogP contribution >= 0.6 is 0 Å². The van der Waals surface area contributed by atoms with Crippen molar-refractivity contribution in [3.05, 3.63) is 66.5 Å². The molecule has 0 aliphatic heterocycles. The summed E-state index contributed by atoms with van der Waals surface area (Å²) in [5, 5.41) is 0. The molecule has 0 amide bonds. The average Bonchev–Trinajstić information content (AvgIpc) is 2.71. The van der Waals surface area contributed by atoms with Crippen molar-refractivity contribution in [3.8, 4) is 28.3 Å². The van der Waals surface area contributed by atoms with Gasteiger partial charge in [-0.1, -0.05) is 62.6 Å². The van der Waals surface area contributed by atoms with Gasteiger partial charge in [0.1, 0.15) is 5.75 Å². The van der Waals surface area contributed by atoms with Crippen molar-refractivity contribution < 1.29 is 17.9 Å². The fraction of sp³-hybridized carbons (Fsp3) is 0.304. The zero-order valence-corrected chi connectivity index (χ0v) is 16.2. The Balaban J connectivity index is 1.64. The lowest BCUT2D eigenvalue weighted by molar-refractivity contribution is -0.274. The van der Waals surface area contributed by atoms with Crippen LogP contribution in [0.1, 0.15) is 38.2 Å². The highest BCUT2D eigenvalue weighted by molar-refractivity contribution is 5.68. The second-order valence-electron chi connectivity index (χ2n) is 6.88. The first-order valence-electron chi connectivity index (χ1n) is 9.72. The van der Waals surface area contributed by atoms with Crippen LogP contribution in [-0.2, 0) is 6.42 Å². The third-order valence-electron chi connectivity index (χ3n) is 4.59. The van der Waals surface area contributed by atoms with Gasteiger partial charge < -0.3 is 4.74 Å². The number of rotatable bonds is 8. The number of nitrogens with zero attached hydrogens (tertiary/aromatic N) is 2. The molecule has 0 radical (unpaired) electrons. The number of halogens is 3. The van der Waals surface area contributed by atoms with Crippen LogP contribution in [0.5, 0.6) is 5.75 Å². The fourth-order valence-corrected chi connectivity index (χ4v) is 3.05. The van der Waals surface area contributed by atoms with Crippen LogP contribution < -0.4 is 4.74 Å². The molecule has 6 heteroatoms. The maximum absolute atomic E-state index is 12.3. The van der Waals surface area contributed by atoms with Crippen LogP contribution in [0.3, 0.4) is 0 Å². The highest BCUT2D eigenvalue weighted by Crippen LogP contribution is 2.27. The topological polar surface area (TPSA) is 35.0 Å². The molecule has 3 rings (SSSR count). The molecule has 1 heterocycles. The Bertz CT molecular complexity index is 889. The third kappa shape index (κ3) is 6.31. The second kappa shape index (κ2) is 9.54. The van der Waals surface area contributed by atoms with E-state index >= 15 is 0 Å². The molecular weight excluding hydrogens is 377 g/mol. The first-order valence-corrected chi connectivity index (χ1v) is 9.72. The van der Waals surface area contributed by atoms with E-state index in [4.69, 9.17) is 0 Å². The molecule has 0 fully saturated rings. The summed E-state index contributed by atoms with van der Waals surface area (Å²) in [6.07, 6.45) is 4.91. The Morgan fingerprint density at radius 3 is 1.86 bits per heavy atom. The minimum Gasteiger partial charge on any atom is -0.406 e. The molecule has 0 aliphatic carbocycles. The lowest BCUT2D eigenvalue weighted by atomic mass is 10.0. The molecule has 29 heavy (non-hydrogen) atoms. The number of alkyl halides is 3. The lowest BCUT2D eigenvalue weighted by Gasteiger charge is -2.09. The van der Waals surface area contributed by atoms with Crippen molar-refractivity contribution in [3.63, 3.8) is 0 Å². The lowest BCUT2D eigenvalue weighted by Crippen LogP contribution is -2.16. The van der Waals surface area contributed by atoms with E-state index in [0.717, 1.165) is 35.1 Å². The van der Waals surface area contributed by atoms with Gasteiger partial charge >= 0.3 is 6.36 Å². The predicted octanol–water partition coefficient (Wildman–Crippen LogP) is 6.83. The normalized spacial score (nSPS) is 11.4. The van der Waals surface area contributed by atoms with Gasteiger partial charge in [-0.3, -0.25) is 0 Å². The van der Waals surface area contributed by atoms with Crippen LogP contribution in [0.25, 0.3) is 22.5 Å². The summed E-state index contributed by atoms with van der Waals surface area (Å²) in [6.45, 7) is 2.20. The van der Waals surface area contributed by atoms with Gasteiger partial charge in [-0.05, 0) is 41.7 Å². The Morgan fingerprint density at radius 2 is 1.31 bits per heavy atom. The van der Waals surface area contributed by atoms with Crippen molar-refractivity contribution in [2.75, 3.05) is 0 Å². The van der Waals surface area contributed by atoms with Crippen LogP contribution in [0.15, 0.2) is 60.9 Å². The zero-order valence-electron chi connectivity index (χ0n) is 16.2. The molecule has 152 valence electrons. The summed E-state index contributed by atoms with van der Waals surface area (Å²) in [5.41, 5.74) is 3.72. The van der Waals surface area contributed by atoms with E-state index in [-0.39, 0.29) is 5.75 Å². The quantitative estimate of drug-likeness (QED) is 0.389. The second-order valence-corrected chi connectivity index (χ2v) is 6.88. The molecule has 2 aromatic carbocycles. The molecule has 0 aliphatic rings. The van der Waals surface area contributed by atoms with Gasteiger partial charge in [0.15, 0.2) is 5.82 Å². The molecule has 0 bridgehead atoms.